The Labute approximate surface area is 115 Å². The molecule has 0 spiro atoms. The van der Waals surface area contributed by atoms with Crippen molar-refractivity contribution in [2.24, 2.45) is 0 Å². The molecular formula is C16H22N2O. The monoisotopic (exact) mass is 258 g/mol. The van der Waals surface area contributed by atoms with Gasteiger partial charge in [0.1, 0.15) is 0 Å². The van der Waals surface area contributed by atoms with Gasteiger partial charge in [-0.15, -0.1) is 0 Å². The van der Waals surface area contributed by atoms with Crippen LogP contribution in [0.25, 0.3) is 0 Å². The normalized spacial score (nSPS) is 20.1. The minimum Gasteiger partial charge on any atom is -0.378 e. The number of nitriles is 1. The first-order valence-electron chi connectivity index (χ1n) is 7.14. The van der Waals surface area contributed by atoms with Crippen molar-refractivity contribution in [3.63, 3.8) is 0 Å². The maximum atomic E-state index is 8.77. The van der Waals surface area contributed by atoms with Crippen LogP contribution in [0.1, 0.15) is 49.8 Å². The van der Waals surface area contributed by atoms with Crippen LogP contribution >= 0.6 is 0 Å². The van der Waals surface area contributed by atoms with Crippen molar-refractivity contribution in [3.05, 3.63) is 35.4 Å². The lowest BCUT2D eigenvalue weighted by molar-refractivity contribution is 0.102. The fourth-order valence-electron chi connectivity index (χ4n) is 2.48. The summed E-state index contributed by atoms with van der Waals surface area (Å²) in [7, 11) is 0. The van der Waals surface area contributed by atoms with E-state index in [1.165, 1.54) is 18.4 Å². The van der Waals surface area contributed by atoms with Crippen molar-refractivity contribution in [2.75, 3.05) is 13.2 Å². The molecular weight excluding hydrogens is 236 g/mol. The average molecular weight is 258 g/mol. The van der Waals surface area contributed by atoms with E-state index in [1.54, 1.807) is 0 Å². The van der Waals surface area contributed by atoms with E-state index >= 15 is 0 Å². The molecule has 0 amide bonds. The second kappa shape index (κ2) is 7.28. The molecule has 0 aliphatic carbocycles. The third-order valence-corrected chi connectivity index (χ3v) is 3.72. The summed E-state index contributed by atoms with van der Waals surface area (Å²) in [6, 6.07) is 10.3. The molecule has 1 aromatic carbocycles. The van der Waals surface area contributed by atoms with Crippen molar-refractivity contribution >= 4 is 0 Å². The summed E-state index contributed by atoms with van der Waals surface area (Å²) in [6.45, 7) is 4.12. The molecule has 0 saturated carbocycles. The van der Waals surface area contributed by atoms with Gasteiger partial charge in [-0.2, -0.15) is 5.26 Å². The number of hydrogen-bond acceptors (Lipinski definition) is 3. The molecule has 2 atom stereocenters. The Morgan fingerprint density at radius 3 is 2.84 bits per heavy atom. The van der Waals surface area contributed by atoms with Crippen LogP contribution in [0.15, 0.2) is 24.3 Å². The van der Waals surface area contributed by atoms with Crippen molar-refractivity contribution in [2.45, 2.75) is 44.8 Å². The SMILES string of the molecule is CC(NCCCC1CCCO1)c1ccc(C#N)cc1. The number of ether oxygens (including phenoxy) is 1. The molecule has 0 radical (unpaired) electrons. The molecule has 1 fully saturated rings. The van der Waals surface area contributed by atoms with Crippen molar-refractivity contribution in [1.29, 1.82) is 5.26 Å². The molecule has 1 heterocycles. The standard InChI is InChI=1S/C16H22N2O/c1-13(15-8-6-14(12-17)7-9-15)18-10-2-4-16-5-3-11-19-16/h6-9,13,16,18H,2-5,10-11H2,1H3. The van der Waals surface area contributed by atoms with Crippen LogP contribution in [-0.4, -0.2) is 19.3 Å². The van der Waals surface area contributed by atoms with Crippen LogP contribution in [0.4, 0.5) is 0 Å². The lowest BCUT2D eigenvalue weighted by Crippen LogP contribution is -2.21. The highest BCUT2D eigenvalue weighted by molar-refractivity contribution is 5.32. The van der Waals surface area contributed by atoms with Gasteiger partial charge >= 0.3 is 0 Å². The van der Waals surface area contributed by atoms with Gasteiger partial charge in [0.15, 0.2) is 0 Å². The topological polar surface area (TPSA) is 45.0 Å². The van der Waals surface area contributed by atoms with Crippen LogP contribution in [0, 0.1) is 11.3 Å². The van der Waals surface area contributed by atoms with Gasteiger partial charge in [-0.05, 0) is 56.8 Å². The van der Waals surface area contributed by atoms with Gasteiger partial charge in [0, 0.05) is 12.6 Å². The van der Waals surface area contributed by atoms with Gasteiger partial charge in [-0.25, -0.2) is 0 Å². The third-order valence-electron chi connectivity index (χ3n) is 3.72. The van der Waals surface area contributed by atoms with Crippen molar-refractivity contribution in [1.82, 2.24) is 5.32 Å². The summed E-state index contributed by atoms with van der Waals surface area (Å²) in [5.74, 6) is 0. The summed E-state index contributed by atoms with van der Waals surface area (Å²) in [5.41, 5.74) is 1.95. The first-order valence-corrected chi connectivity index (χ1v) is 7.14. The van der Waals surface area contributed by atoms with Crippen molar-refractivity contribution < 1.29 is 4.74 Å². The number of nitrogens with zero attached hydrogens (tertiary/aromatic N) is 1. The maximum Gasteiger partial charge on any atom is 0.0991 e. The maximum absolute atomic E-state index is 8.77. The van der Waals surface area contributed by atoms with E-state index in [0.717, 1.165) is 26.0 Å². The fourth-order valence-corrected chi connectivity index (χ4v) is 2.48. The lowest BCUT2D eigenvalue weighted by Gasteiger charge is -2.15. The summed E-state index contributed by atoms with van der Waals surface area (Å²) < 4.78 is 5.61. The fraction of sp³-hybridized carbons (Fsp3) is 0.562. The number of rotatable bonds is 6. The zero-order valence-electron chi connectivity index (χ0n) is 11.6. The van der Waals surface area contributed by atoms with Crippen LogP contribution in [-0.2, 0) is 4.74 Å². The average Bonchev–Trinajstić information content (AvgIpc) is 2.96. The third kappa shape index (κ3) is 4.34. The Balaban J connectivity index is 1.68. The molecule has 1 aromatic rings. The van der Waals surface area contributed by atoms with Crippen molar-refractivity contribution in [3.8, 4) is 6.07 Å². The molecule has 1 aliphatic rings. The number of benzene rings is 1. The molecule has 1 aliphatic heterocycles. The van der Waals surface area contributed by atoms with E-state index in [9.17, 15) is 0 Å². The summed E-state index contributed by atoms with van der Waals surface area (Å²) >= 11 is 0. The van der Waals surface area contributed by atoms with Crippen LogP contribution in [0.3, 0.4) is 0 Å². The first kappa shape index (κ1) is 14.0. The first-order chi connectivity index (χ1) is 9.29. The highest BCUT2D eigenvalue weighted by Crippen LogP contribution is 2.17. The summed E-state index contributed by atoms with van der Waals surface area (Å²) in [5, 5.41) is 12.3. The number of nitrogens with one attached hydrogen (secondary N) is 1. The Kier molecular flexibility index (Phi) is 5.38. The predicted octanol–water partition coefficient (Wildman–Crippen LogP) is 3.17. The molecule has 19 heavy (non-hydrogen) atoms. The molecule has 0 aromatic heterocycles. The molecule has 3 nitrogen and oxygen atoms in total. The molecule has 0 bridgehead atoms. The predicted molar refractivity (Wildman–Crippen MR) is 75.8 cm³/mol. The number of hydrogen-bond donors (Lipinski definition) is 1. The highest BCUT2D eigenvalue weighted by atomic mass is 16.5. The van der Waals surface area contributed by atoms with E-state index in [4.69, 9.17) is 10.00 Å². The van der Waals surface area contributed by atoms with Crippen LogP contribution < -0.4 is 5.32 Å². The Bertz CT molecular complexity index is 415. The summed E-state index contributed by atoms with van der Waals surface area (Å²) in [4.78, 5) is 0. The second-order valence-electron chi connectivity index (χ2n) is 5.19. The molecule has 3 heteroatoms. The second-order valence-corrected chi connectivity index (χ2v) is 5.19. The van der Waals surface area contributed by atoms with E-state index in [1.807, 2.05) is 24.3 Å². The van der Waals surface area contributed by atoms with Gasteiger partial charge < -0.3 is 10.1 Å². The molecule has 102 valence electrons. The lowest BCUT2D eigenvalue weighted by atomic mass is 10.1. The summed E-state index contributed by atoms with van der Waals surface area (Å²) in [6.07, 6.45) is 5.26. The van der Waals surface area contributed by atoms with Gasteiger partial charge in [0.25, 0.3) is 0 Å². The Hall–Kier alpha value is -1.37. The van der Waals surface area contributed by atoms with Gasteiger partial charge in [0.2, 0.25) is 0 Å². The zero-order chi connectivity index (χ0) is 13.5. The van der Waals surface area contributed by atoms with E-state index in [2.05, 4.69) is 18.3 Å². The molecule has 1 N–H and O–H groups in total. The van der Waals surface area contributed by atoms with Gasteiger partial charge in [-0.1, -0.05) is 12.1 Å². The smallest absolute Gasteiger partial charge is 0.0991 e. The van der Waals surface area contributed by atoms with Crippen LogP contribution in [0.5, 0.6) is 0 Å². The molecule has 2 rings (SSSR count). The Morgan fingerprint density at radius 1 is 1.42 bits per heavy atom. The highest BCUT2D eigenvalue weighted by Gasteiger charge is 2.14. The van der Waals surface area contributed by atoms with Gasteiger partial charge in [0.05, 0.1) is 17.7 Å². The minimum atomic E-state index is 0.331. The minimum absolute atomic E-state index is 0.331. The quantitative estimate of drug-likeness (QED) is 0.797. The van der Waals surface area contributed by atoms with E-state index < -0.39 is 0 Å². The van der Waals surface area contributed by atoms with E-state index in [0.29, 0.717) is 17.7 Å². The van der Waals surface area contributed by atoms with Gasteiger partial charge in [-0.3, -0.25) is 0 Å². The Morgan fingerprint density at radius 2 is 2.21 bits per heavy atom. The molecule has 1 saturated heterocycles. The van der Waals surface area contributed by atoms with E-state index in [-0.39, 0.29) is 0 Å². The largest absolute Gasteiger partial charge is 0.378 e. The zero-order valence-corrected chi connectivity index (χ0v) is 11.6. The molecule has 2 unspecified atom stereocenters. The van der Waals surface area contributed by atoms with Crippen LogP contribution in [0.2, 0.25) is 0 Å².